The highest BCUT2D eigenvalue weighted by atomic mass is 16.5. The van der Waals surface area contributed by atoms with Gasteiger partial charge in [0.2, 0.25) is 5.82 Å². The van der Waals surface area contributed by atoms with E-state index in [1.807, 2.05) is 0 Å². The molecule has 0 aliphatic rings. The van der Waals surface area contributed by atoms with E-state index < -0.39 is 6.10 Å². The van der Waals surface area contributed by atoms with Gasteiger partial charge in [-0.25, -0.2) is 0 Å². The molecule has 0 amide bonds. The van der Waals surface area contributed by atoms with Gasteiger partial charge in [-0.2, -0.15) is 4.98 Å². The zero-order chi connectivity index (χ0) is 10.8. The van der Waals surface area contributed by atoms with Crippen LogP contribution in [0, 0.1) is 0 Å². The third-order valence-corrected chi connectivity index (χ3v) is 1.97. The molecule has 0 aliphatic heterocycles. The van der Waals surface area contributed by atoms with Gasteiger partial charge in [0.15, 0.2) is 0 Å². The fourth-order valence-electron chi connectivity index (χ4n) is 1.15. The molecular formula is C10H11N3O2. The molecule has 1 aromatic carbocycles. The van der Waals surface area contributed by atoms with Gasteiger partial charge >= 0.3 is 0 Å². The van der Waals surface area contributed by atoms with Crippen molar-refractivity contribution in [3.8, 4) is 11.4 Å². The average molecular weight is 205 g/mol. The van der Waals surface area contributed by atoms with Gasteiger partial charge in [-0.3, -0.25) is 0 Å². The van der Waals surface area contributed by atoms with Gasteiger partial charge < -0.3 is 15.4 Å². The summed E-state index contributed by atoms with van der Waals surface area (Å²) in [5, 5.41) is 13.0. The summed E-state index contributed by atoms with van der Waals surface area (Å²) in [6, 6.07) is 7.11. The van der Waals surface area contributed by atoms with Gasteiger partial charge in [0.05, 0.1) is 0 Å². The zero-order valence-electron chi connectivity index (χ0n) is 8.21. The Bertz CT molecular complexity index is 448. The van der Waals surface area contributed by atoms with Crippen LogP contribution in [0.5, 0.6) is 0 Å². The predicted octanol–water partition coefficient (Wildman–Crippen LogP) is 1.37. The van der Waals surface area contributed by atoms with E-state index >= 15 is 0 Å². The third-order valence-electron chi connectivity index (χ3n) is 1.97. The quantitative estimate of drug-likeness (QED) is 0.723. The van der Waals surface area contributed by atoms with Crippen molar-refractivity contribution in [2.24, 2.45) is 0 Å². The molecule has 1 atom stereocenters. The normalized spacial score (nSPS) is 12.7. The second-order valence-electron chi connectivity index (χ2n) is 3.25. The van der Waals surface area contributed by atoms with Crippen molar-refractivity contribution in [1.29, 1.82) is 0 Å². The summed E-state index contributed by atoms with van der Waals surface area (Å²) in [5.41, 5.74) is 7.04. The summed E-state index contributed by atoms with van der Waals surface area (Å²) < 4.78 is 4.87. The first-order chi connectivity index (χ1) is 7.16. The molecular weight excluding hydrogens is 194 g/mol. The van der Waals surface area contributed by atoms with Crippen molar-refractivity contribution >= 4 is 5.69 Å². The SMILES string of the molecule is C[C@H](O)c1nc(-c2ccc(N)cc2)no1. The Hall–Kier alpha value is -1.88. The number of rotatable bonds is 2. The van der Waals surface area contributed by atoms with E-state index in [0.717, 1.165) is 5.56 Å². The van der Waals surface area contributed by atoms with Crippen LogP contribution in [-0.2, 0) is 0 Å². The molecule has 0 aliphatic carbocycles. The Labute approximate surface area is 86.5 Å². The summed E-state index contributed by atoms with van der Waals surface area (Å²) >= 11 is 0. The van der Waals surface area contributed by atoms with Crippen LogP contribution in [0.2, 0.25) is 0 Å². The van der Waals surface area contributed by atoms with E-state index in [1.54, 1.807) is 31.2 Å². The lowest BCUT2D eigenvalue weighted by Crippen LogP contribution is -1.90. The van der Waals surface area contributed by atoms with Crippen LogP contribution in [0.15, 0.2) is 28.8 Å². The van der Waals surface area contributed by atoms with Gasteiger partial charge in [-0.05, 0) is 31.2 Å². The molecule has 0 spiro atoms. The van der Waals surface area contributed by atoms with Crippen molar-refractivity contribution < 1.29 is 9.63 Å². The van der Waals surface area contributed by atoms with Crippen molar-refractivity contribution in [3.05, 3.63) is 30.2 Å². The molecule has 2 aromatic rings. The summed E-state index contributed by atoms with van der Waals surface area (Å²) in [5.74, 6) is 0.660. The highest BCUT2D eigenvalue weighted by Crippen LogP contribution is 2.19. The van der Waals surface area contributed by atoms with E-state index in [4.69, 9.17) is 10.3 Å². The summed E-state index contributed by atoms with van der Waals surface area (Å²) in [6.45, 7) is 1.57. The highest BCUT2D eigenvalue weighted by molar-refractivity contribution is 5.57. The Morgan fingerprint density at radius 2 is 2.00 bits per heavy atom. The van der Waals surface area contributed by atoms with Crippen LogP contribution >= 0.6 is 0 Å². The summed E-state index contributed by atoms with van der Waals surface area (Å²) in [6.07, 6.45) is -0.750. The molecule has 1 heterocycles. The van der Waals surface area contributed by atoms with Crippen molar-refractivity contribution in [2.75, 3.05) is 5.73 Å². The standard InChI is InChI=1S/C10H11N3O2/c1-6(14)10-12-9(13-15-10)7-2-4-8(11)5-3-7/h2-6,14H,11H2,1H3/t6-/m0/s1. The fraction of sp³-hybridized carbons (Fsp3) is 0.200. The molecule has 78 valence electrons. The molecule has 0 radical (unpaired) electrons. The number of benzene rings is 1. The molecule has 0 bridgehead atoms. The maximum Gasteiger partial charge on any atom is 0.255 e. The van der Waals surface area contributed by atoms with Crippen LogP contribution in [-0.4, -0.2) is 15.2 Å². The van der Waals surface area contributed by atoms with E-state index in [9.17, 15) is 5.11 Å². The molecule has 0 unspecified atom stereocenters. The van der Waals surface area contributed by atoms with E-state index in [1.165, 1.54) is 0 Å². The van der Waals surface area contributed by atoms with Crippen LogP contribution in [0.1, 0.15) is 18.9 Å². The Kier molecular flexibility index (Phi) is 2.39. The van der Waals surface area contributed by atoms with Crippen molar-refractivity contribution in [1.82, 2.24) is 10.1 Å². The highest BCUT2D eigenvalue weighted by Gasteiger charge is 2.11. The first-order valence-electron chi connectivity index (χ1n) is 4.54. The minimum Gasteiger partial charge on any atom is -0.399 e. The lowest BCUT2D eigenvalue weighted by Gasteiger charge is -1.95. The first-order valence-corrected chi connectivity index (χ1v) is 4.54. The second-order valence-corrected chi connectivity index (χ2v) is 3.25. The van der Waals surface area contributed by atoms with Gasteiger partial charge in [0.1, 0.15) is 6.10 Å². The maximum atomic E-state index is 9.21. The van der Waals surface area contributed by atoms with Crippen molar-refractivity contribution in [2.45, 2.75) is 13.0 Å². The number of nitrogen functional groups attached to an aromatic ring is 1. The molecule has 0 saturated carbocycles. The van der Waals surface area contributed by atoms with Gasteiger partial charge in [0.25, 0.3) is 5.89 Å². The fourth-order valence-corrected chi connectivity index (χ4v) is 1.15. The second kappa shape index (κ2) is 3.70. The van der Waals surface area contributed by atoms with Crippen LogP contribution < -0.4 is 5.73 Å². The minimum atomic E-state index is -0.750. The zero-order valence-corrected chi connectivity index (χ0v) is 8.21. The van der Waals surface area contributed by atoms with Gasteiger partial charge in [-0.1, -0.05) is 5.16 Å². The topological polar surface area (TPSA) is 85.2 Å². The summed E-state index contributed by atoms with van der Waals surface area (Å²) in [4.78, 5) is 4.04. The largest absolute Gasteiger partial charge is 0.399 e. The number of aromatic nitrogens is 2. The molecule has 3 N–H and O–H groups in total. The van der Waals surface area contributed by atoms with Gasteiger partial charge in [0, 0.05) is 11.3 Å². The third kappa shape index (κ3) is 1.97. The number of nitrogens with zero attached hydrogens (tertiary/aromatic N) is 2. The number of hydrogen-bond acceptors (Lipinski definition) is 5. The van der Waals surface area contributed by atoms with Crippen molar-refractivity contribution in [3.63, 3.8) is 0 Å². The number of aliphatic hydroxyl groups is 1. The number of hydrogen-bond donors (Lipinski definition) is 2. The van der Waals surface area contributed by atoms with Crippen LogP contribution in [0.4, 0.5) is 5.69 Å². The monoisotopic (exact) mass is 205 g/mol. The number of anilines is 1. The molecule has 2 rings (SSSR count). The van der Waals surface area contributed by atoms with E-state index in [0.29, 0.717) is 11.5 Å². The Morgan fingerprint density at radius 3 is 2.53 bits per heavy atom. The predicted molar refractivity (Wildman–Crippen MR) is 54.8 cm³/mol. The number of aliphatic hydroxyl groups excluding tert-OH is 1. The molecule has 1 aromatic heterocycles. The lowest BCUT2D eigenvalue weighted by molar-refractivity contribution is 0.152. The van der Waals surface area contributed by atoms with Crippen LogP contribution in [0.3, 0.4) is 0 Å². The smallest absolute Gasteiger partial charge is 0.255 e. The minimum absolute atomic E-state index is 0.210. The first kappa shape index (κ1) is 9.67. The Morgan fingerprint density at radius 1 is 1.33 bits per heavy atom. The van der Waals surface area contributed by atoms with E-state index in [2.05, 4.69) is 10.1 Å². The summed E-state index contributed by atoms with van der Waals surface area (Å²) in [7, 11) is 0. The van der Waals surface area contributed by atoms with E-state index in [-0.39, 0.29) is 5.89 Å². The van der Waals surface area contributed by atoms with Gasteiger partial charge in [-0.15, -0.1) is 0 Å². The molecule has 15 heavy (non-hydrogen) atoms. The maximum absolute atomic E-state index is 9.21. The molecule has 0 fully saturated rings. The Balaban J connectivity index is 2.33. The lowest BCUT2D eigenvalue weighted by atomic mass is 10.2. The molecule has 5 heteroatoms. The molecule has 0 saturated heterocycles. The number of nitrogens with two attached hydrogens (primary N) is 1. The average Bonchev–Trinajstić information content (AvgIpc) is 2.68. The van der Waals surface area contributed by atoms with Crippen LogP contribution in [0.25, 0.3) is 11.4 Å². The molecule has 5 nitrogen and oxygen atoms in total.